The second-order valence-electron chi connectivity index (χ2n) is 1.15. The molecule has 0 unspecified atom stereocenters. The molecule has 0 aromatic heterocycles. The first-order valence-corrected chi connectivity index (χ1v) is 2.51. The molecule has 0 saturated heterocycles. The molecule has 4 nitrogen and oxygen atoms in total. The Morgan fingerprint density at radius 3 is 1.27 bits per heavy atom. The first-order chi connectivity index (χ1) is 4.83. The first-order valence-electron chi connectivity index (χ1n) is 2.51. The van der Waals surface area contributed by atoms with Gasteiger partial charge in [-0.05, 0) is 13.2 Å². The van der Waals surface area contributed by atoms with Crippen LogP contribution in [0.5, 0.6) is 0 Å². The largest absolute Gasteiger partial charge is 2.00 e. The van der Waals surface area contributed by atoms with Crippen LogP contribution in [0.15, 0.2) is 0 Å². The quantitative estimate of drug-likeness (QED) is 0.390. The Hall–Kier alpha value is -0.571. The van der Waals surface area contributed by atoms with E-state index in [1.807, 2.05) is 0 Å². The molecule has 0 N–H and O–H groups in total. The molecule has 0 fully saturated rings. The van der Waals surface area contributed by atoms with Gasteiger partial charge in [0.1, 0.15) is 0 Å². The van der Waals surface area contributed by atoms with Gasteiger partial charge in [-0.3, -0.25) is 0 Å². The van der Waals surface area contributed by atoms with Gasteiger partial charge < -0.3 is 19.1 Å². The van der Waals surface area contributed by atoms with Crippen LogP contribution in [0.4, 0.5) is 0 Å². The molecule has 60 valence electrons. The summed E-state index contributed by atoms with van der Waals surface area (Å²) in [4.78, 5) is 18.3. The Labute approximate surface area is 70.1 Å². The van der Waals surface area contributed by atoms with Crippen molar-refractivity contribution >= 4 is 22.7 Å². The fourth-order valence-corrected chi connectivity index (χ4v) is 0.118. The van der Waals surface area contributed by atoms with E-state index in [1.54, 1.807) is 12.6 Å². The molecule has 0 heterocycles. The topological polar surface area (TPSA) is 52.6 Å². The number of hydrogen-bond donors (Lipinski definition) is 0. The number of rotatable bonds is 4. The third kappa shape index (κ3) is 44.3. The summed E-state index contributed by atoms with van der Waals surface area (Å²) in [5, 5.41) is 0. The third-order valence-electron chi connectivity index (χ3n) is 0.407. The van der Waals surface area contributed by atoms with Crippen molar-refractivity contribution < 1.29 is 19.1 Å². The molecule has 5 heteroatoms. The van der Waals surface area contributed by atoms with Gasteiger partial charge in [-0.15, -0.1) is 0 Å². The van der Waals surface area contributed by atoms with E-state index in [-0.39, 0.29) is 23.3 Å². The van der Waals surface area contributed by atoms with E-state index in [4.69, 9.17) is 9.59 Å². The zero-order chi connectivity index (χ0) is 8.24. The number of ether oxygens (including phenoxy) is 2. The van der Waals surface area contributed by atoms with Crippen molar-refractivity contribution in [1.29, 1.82) is 0 Å². The molecule has 0 aliphatic rings. The van der Waals surface area contributed by atoms with E-state index >= 15 is 0 Å². The maximum absolute atomic E-state index is 9.15. The van der Waals surface area contributed by atoms with Crippen LogP contribution in [0, 0.1) is 0 Å². The van der Waals surface area contributed by atoms with Crippen LogP contribution < -0.4 is 0 Å². The van der Waals surface area contributed by atoms with Crippen LogP contribution in [0.3, 0.4) is 0 Å². The molecule has 0 rings (SSSR count). The van der Waals surface area contributed by atoms with E-state index in [1.165, 1.54) is 14.2 Å². The molecule has 0 radical (unpaired) electrons. The van der Waals surface area contributed by atoms with E-state index in [9.17, 15) is 0 Å². The van der Waals surface area contributed by atoms with Crippen molar-refractivity contribution in [3.8, 4) is 0 Å². The summed E-state index contributed by atoms with van der Waals surface area (Å²) in [6.45, 7) is 0.167. The maximum atomic E-state index is 9.15. The Morgan fingerprint density at radius 2 is 1.27 bits per heavy atom. The molecular formula is C6H10BeO4. The summed E-state index contributed by atoms with van der Waals surface area (Å²) < 4.78 is 8.53. The average molecular weight is 155 g/mol. The van der Waals surface area contributed by atoms with E-state index in [0.29, 0.717) is 0 Å². The second-order valence-corrected chi connectivity index (χ2v) is 1.15. The monoisotopic (exact) mass is 155 g/mol. The Balaban J connectivity index is -0.000000107. The van der Waals surface area contributed by atoms with Crippen molar-refractivity contribution in [2.45, 2.75) is 0 Å². The summed E-state index contributed by atoms with van der Waals surface area (Å²) in [5.74, 6) is 0. The van der Waals surface area contributed by atoms with Gasteiger partial charge in [0.05, 0.1) is 0 Å². The molecule has 0 saturated carbocycles. The molecule has 0 atom stereocenters. The van der Waals surface area contributed by atoms with Crippen LogP contribution in [-0.4, -0.2) is 50.1 Å². The minimum Gasteiger partial charge on any atom is -0.540 e. The van der Waals surface area contributed by atoms with E-state index in [2.05, 4.69) is 9.47 Å². The molecule has 11 heavy (non-hydrogen) atoms. The predicted molar refractivity (Wildman–Crippen MR) is 40.9 cm³/mol. The molecule has 0 bridgehead atoms. The molecular weight excluding hydrogens is 145 g/mol. The smallest absolute Gasteiger partial charge is 0.540 e. The molecule has 0 amide bonds. The van der Waals surface area contributed by atoms with Crippen molar-refractivity contribution in [3.05, 3.63) is 0 Å². The Bertz CT molecular complexity index is 67.0. The van der Waals surface area contributed by atoms with E-state index in [0.717, 1.165) is 0 Å². The van der Waals surface area contributed by atoms with Gasteiger partial charge in [-0.25, -0.2) is 12.6 Å². The summed E-state index contributed by atoms with van der Waals surface area (Å²) in [7, 11) is 2.90. The van der Waals surface area contributed by atoms with Crippen molar-refractivity contribution in [2.24, 2.45) is 0 Å². The van der Waals surface area contributed by atoms with Gasteiger partial charge >= 0.3 is 10.1 Å². The number of methoxy groups -OCH3 is 2. The summed E-state index contributed by atoms with van der Waals surface area (Å²) >= 11 is 0. The van der Waals surface area contributed by atoms with E-state index < -0.39 is 0 Å². The van der Waals surface area contributed by atoms with Gasteiger partial charge in [0, 0.05) is 14.2 Å². The maximum Gasteiger partial charge on any atom is 2.00 e. The normalized spacial score (nSPS) is 6.73. The fraction of sp³-hybridized carbons (Fsp3) is 0.667. The summed E-state index contributed by atoms with van der Waals surface area (Å²) in [6.07, 6.45) is 3.09. The van der Waals surface area contributed by atoms with Gasteiger partial charge in [-0.1, -0.05) is 0 Å². The second kappa shape index (κ2) is 22.7. The van der Waals surface area contributed by atoms with Gasteiger partial charge in [0.2, 0.25) is 0 Å². The molecule has 0 aliphatic heterocycles. The van der Waals surface area contributed by atoms with Crippen LogP contribution in [0.1, 0.15) is 0 Å². The molecule has 0 aliphatic carbocycles. The third-order valence-corrected chi connectivity index (χ3v) is 0.407. The van der Waals surface area contributed by atoms with Crippen LogP contribution in [0.25, 0.3) is 0 Å². The number of carbonyl (C=O) groups excluding carboxylic acids is 2. The Morgan fingerprint density at radius 1 is 1.00 bits per heavy atom. The van der Waals surface area contributed by atoms with Gasteiger partial charge in [-0.2, -0.15) is 0 Å². The zero-order valence-corrected chi connectivity index (χ0v) is 6.75. The van der Waals surface area contributed by atoms with Crippen LogP contribution in [-0.2, 0) is 19.1 Å². The van der Waals surface area contributed by atoms with Crippen molar-refractivity contribution in [2.75, 3.05) is 27.4 Å². The average Bonchev–Trinajstić information content (AvgIpc) is 1.93. The summed E-state index contributed by atoms with van der Waals surface area (Å²) in [6, 6.07) is 0. The van der Waals surface area contributed by atoms with Crippen LogP contribution >= 0.6 is 0 Å². The van der Waals surface area contributed by atoms with Crippen LogP contribution in [0.2, 0.25) is 0 Å². The minimum atomic E-state index is 0. The zero-order valence-electron chi connectivity index (χ0n) is 6.75. The fourth-order valence-electron chi connectivity index (χ4n) is 0.118. The molecule has 0 aromatic carbocycles. The van der Waals surface area contributed by atoms with Gasteiger partial charge in [0.25, 0.3) is 0 Å². The standard InChI is InChI=1S/2C3H5O2.Be/c2*1-5-3-2-4;/h2*3H2,1H3;/q2*-1;+2. The summed E-state index contributed by atoms with van der Waals surface area (Å²) in [5.41, 5.74) is 0. The number of hydrogen-bond acceptors (Lipinski definition) is 4. The first kappa shape index (κ1) is 16.8. The predicted octanol–water partition coefficient (Wildman–Crippen LogP) is -0.896. The molecule has 0 spiro atoms. The van der Waals surface area contributed by atoms with Gasteiger partial charge in [0.15, 0.2) is 0 Å². The van der Waals surface area contributed by atoms with Crippen molar-refractivity contribution in [1.82, 2.24) is 0 Å². The minimum absolute atomic E-state index is 0. The SMILES string of the molecule is COC[C-]=O.COC[C-]=O.[Be+2]. The Kier molecular flexibility index (Phi) is 34.7. The molecule has 0 aromatic rings. The van der Waals surface area contributed by atoms with Crippen molar-refractivity contribution in [3.63, 3.8) is 0 Å².